The van der Waals surface area contributed by atoms with E-state index in [4.69, 9.17) is 0 Å². The topological polar surface area (TPSA) is 101 Å². The second-order valence-electron chi connectivity index (χ2n) is 6.34. The summed E-state index contributed by atoms with van der Waals surface area (Å²) in [5.74, 6) is -0.600. The summed E-state index contributed by atoms with van der Waals surface area (Å²) in [5, 5.41) is 2.53. The first kappa shape index (κ1) is 20.9. The summed E-state index contributed by atoms with van der Waals surface area (Å²) >= 11 is 0. The van der Waals surface area contributed by atoms with Gasteiger partial charge < -0.3 is 5.32 Å². The highest BCUT2D eigenvalue weighted by molar-refractivity contribution is 7.91. The SMILES string of the molecule is CCS(=O)(=O)CCNC(=O)c1cccc(S(=O)(=O)N2CCCCCC2)c1. The average molecular weight is 403 g/mol. The van der Waals surface area contributed by atoms with Crippen molar-refractivity contribution in [3.63, 3.8) is 0 Å². The molecule has 1 fully saturated rings. The van der Waals surface area contributed by atoms with E-state index < -0.39 is 25.8 Å². The maximum Gasteiger partial charge on any atom is 0.251 e. The van der Waals surface area contributed by atoms with E-state index in [1.54, 1.807) is 6.92 Å². The van der Waals surface area contributed by atoms with Crippen LogP contribution in [0.3, 0.4) is 0 Å². The number of amides is 1. The summed E-state index contributed by atoms with van der Waals surface area (Å²) < 4.78 is 50.0. The monoisotopic (exact) mass is 402 g/mol. The molecule has 7 nitrogen and oxygen atoms in total. The molecule has 0 aliphatic carbocycles. The number of carbonyl (C=O) groups is 1. The maximum atomic E-state index is 12.8. The second-order valence-corrected chi connectivity index (χ2v) is 10.7. The summed E-state index contributed by atoms with van der Waals surface area (Å²) in [4.78, 5) is 12.3. The lowest BCUT2D eigenvalue weighted by Gasteiger charge is -2.20. The fraction of sp³-hybridized carbons (Fsp3) is 0.588. The predicted molar refractivity (Wildman–Crippen MR) is 100 cm³/mol. The molecule has 1 heterocycles. The third-order valence-corrected chi connectivity index (χ3v) is 8.04. The summed E-state index contributed by atoms with van der Waals surface area (Å²) in [6.45, 7) is 2.54. The second kappa shape index (κ2) is 8.96. The third-order valence-electron chi connectivity index (χ3n) is 4.44. The van der Waals surface area contributed by atoms with Crippen LogP contribution in [0.15, 0.2) is 29.2 Å². The molecule has 1 aromatic carbocycles. The standard InChI is InChI=1S/C17H26N2O5S2/c1-2-25(21,22)13-10-18-17(20)15-8-7-9-16(14-15)26(23,24)19-11-5-3-4-6-12-19/h7-9,14H,2-6,10-13H2,1H3,(H,18,20). The van der Waals surface area contributed by atoms with Crippen molar-refractivity contribution >= 4 is 25.8 Å². The first-order valence-corrected chi connectivity index (χ1v) is 12.1. The molecule has 0 spiro atoms. The van der Waals surface area contributed by atoms with E-state index in [-0.39, 0.29) is 28.5 Å². The van der Waals surface area contributed by atoms with Gasteiger partial charge in [-0.2, -0.15) is 4.31 Å². The van der Waals surface area contributed by atoms with Gasteiger partial charge >= 0.3 is 0 Å². The zero-order chi connectivity index (χ0) is 19.2. The van der Waals surface area contributed by atoms with Crippen LogP contribution in [0.5, 0.6) is 0 Å². The van der Waals surface area contributed by atoms with Gasteiger partial charge in [-0.1, -0.05) is 25.8 Å². The fourth-order valence-corrected chi connectivity index (χ4v) is 5.06. The van der Waals surface area contributed by atoms with Gasteiger partial charge in [0.15, 0.2) is 9.84 Å². The average Bonchev–Trinajstić information content (AvgIpc) is 2.91. The van der Waals surface area contributed by atoms with Crippen LogP contribution in [0.2, 0.25) is 0 Å². The summed E-state index contributed by atoms with van der Waals surface area (Å²) in [6, 6.07) is 5.88. The fourth-order valence-electron chi connectivity index (χ4n) is 2.80. The largest absolute Gasteiger partial charge is 0.351 e. The van der Waals surface area contributed by atoms with Gasteiger partial charge in [0.1, 0.15) is 0 Å². The Morgan fingerprint density at radius 3 is 2.35 bits per heavy atom. The maximum absolute atomic E-state index is 12.8. The van der Waals surface area contributed by atoms with Crippen molar-refractivity contribution in [3.05, 3.63) is 29.8 Å². The van der Waals surface area contributed by atoms with Gasteiger partial charge in [0.05, 0.1) is 10.6 Å². The number of rotatable bonds is 7. The molecule has 1 aliphatic heterocycles. The van der Waals surface area contributed by atoms with Crippen LogP contribution in [0.25, 0.3) is 0 Å². The number of nitrogens with one attached hydrogen (secondary N) is 1. The lowest BCUT2D eigenvalue weighted by Crippen LogP contribution is -2.32. The summed E-state index contributed by atoms with van der Waals surface area (Å²) in [5.41, 5.74) is 0.204. The molecular weight excluding hydrogens is 376 g/mol. The Hall–Kier alpha value is -1.45. The van der Waals surface area contributed by atoms with Crippen molar-refractivity contribution < 1.29 is 21.6 Å². The smallest absolute Gasteiger partial charge is 0.251 e. The van der Waals surface area contributed by atoms with E-state index in [9.17, 15) is 21.6 Å². The van der Waals surface area contributed by atoms with E-state index in [2.05, 4.69) is 5.32 Å². The van der Waals surface area contributed by atoms with Crippen LogP contribution in [-0.4, -0.2) is 58.2 Å². The Kier molecular flexibility index (Phi) is 7.19. The van der Waals surface area contributed by atoms with Crippen LogP contribution < -0.4 is 5.32 Å². The summed E-state index contributed by atoms with van der Waals surface area (Å²) in [6.07, 6.45) is 3.72. The van der Waals surface area contributed by atoms with E-state index in [0.717, 1.165) is 25.7 Å². The number of carbonyl (C=O) groups excluding carboxylic acids is 1. The van der Waals surface area contributed by atoms with Gasteiger partial charge in [-0.05, 0) is 31.0 Å². The molecule has 26 heavy (non-hydrogen) atoms. The quantitative estimate of drug-likeness (QED) is 0.743. The van der Waals surface area contributed by atoms with Crippen LogP contribution >= 0.6 is 0 Å². The molecule has 0 bridgehead atoms. The van der Waals surface area contributed by atoms with Gasteiger partial charge in [0.25, 0.3) is 5.91 Å². The molecule has 2 rings (SSSR count). The van der Waals surface area contributed by atoms with Gasteiger partial charge in [0.2, 0.25) is 10.0 Å². The Morgan fingerprint density at radius 2 is 1.73 bits per heavy atom. The number of sulfone groups is 1. The molecule has 0 unspecified atom stereocenters. The number of hydrogen-bond donors (Lipinski definition) is 1. The van der Waals surface area contributed by atoms with Crippen molar-refractivity contribution in [1.82, 2.24) is 9.62 Å². The highest BCUT2D eigenvalue weighted by Gasteiger charge is 2.25. The Balaban J connectivity index is 2.10. The van der Waals surface area contributed by atoms with Crippen LogP contribution in [-0.2, 0) is 19.9 Å². The van der Waals surface area contributed by atoms with Crippen LogP contribution in [0, 0.1) is 0 Å². The number of nitrogens with zero attached hydrogens (tertiary/aromatic N) is 1. The van der Waals surface area contributed by atoms with E-state index >= 15 is 0 Å². The molecule has 0 atom stereocenters. The van der Waals surface area contributed by atoms with Crippen molar-refractivity contribution in [2.24, 2.45) is 0 Å². The molecule has 0 saturated carbocycles. The van der Waals surface area contributed by atoms with E-state index in [0.29, 0.717) is 13.1 Å². The van der Waals surface area contributed by atoms with E-state index in [1.165, 1.54) is 28.6 Å². The van der Waals surface area contributed by atoms with Gasteiger partial charge in [0, 0.05) is 31.0 Å². The van der Waals surface area contributed by atoms with Gasteiger partial charge in [-0.25, -0.2) is 16.8 Å². The minimum absolute atomic E-state index is 0.00188. The van der Waals surface area contributed by atoms with Crippen molar-refractivity contribution in [2.75, 3.05) is 31.1 Å². The van der Waals surface area contributed by atoms with Gasteiger partial charge in [-0.15, -0.1) is 0 Å². The zero-order valence-electron chi connectivity index (χ0n) is 15.0. The molecule has 9 heteroatoms. The predicted octanol–water partition coefficient (Wildman–Crippen LogP) is 1.42. The molecule has 1 saturated heterocycles. The molecule has 1 amide bonds. The Bertz CT molecular complexity index is 826. The van der Waals surface area contributed by atoms with Crippen molar-refractivity contribution in [3.8, 4) is 0 Å². The van der Waals surface area contributed by atoms with Crippen molar-refractivity contribution in [2.45, 2.75) is 37.5 Å². The minimum atomic E-state index is -3.63. The lowest BCUT2D eigenvalue weighted by atomic mass is 10.2. The molecular formula is C17H26N2O5S2. The van der Waals surface area contributed by atoms with Crippen LogP contribution in [0.4, 0.5) is 0 Å². The highest BCUT2D eigenvalue weighted by Crippen LogP contribution is 2.21. The minimum Gasteiger partial charge on any atom is -0.351 e. The first-order valence-electron chi connectivity index (χ1n) is 8.85. The lowest BCUT2D eigenvalue weighted by molar-refractivity contribution is 0.0956. The zero-order valence-corrected chi connectivity index (χ0v) is 16.6. The third kappa shape index (κ3) is 5.52. The van der Waals surface area contributed by atoms with Crippen LogP contribution in [0.1, 0.15) is 43.0 Å². The van der Waals surface area contributed by atoms with E-state index in [1.807, 2.05) is 0 Å². The highest BCUT2D eigenvalue weighted by atomic mass is 32.2. The molecule has 146 valence electrons. The first-order chi connectivity index (χ1) is 12.3. The Morgan fingerprint density at radius 1 is 1.08 bits per heavy atom. The molecule has 1 aliphatic rings. The molecule has 1 N–H and O–H groups in total. The number of sulfonamides is 1. The Labute approximate surface area is 155 Å². The molecule has 0 radical (unpaired) electrons. The molecule has 1 aromatic rings. The molecule has 0 aromatic heterocycles. The van der Waals surface area contributed by atoms with Gasteiger partial charge in [-0.3, -0.25) is 4.79 Å². The number of benzene rings is 1. The number of hydrogen-bond acceptors (Lipinski definition) is 5. The summed E-state index contributed by atoms with van der Waals surface area (Å²) in [7, 11) is -6.80. The normalized spacial score (nSPS) is 16.8. The van der Waals surface area contributed by atoms with Crippen molar-refractivity contribution in [1.29, 1.82) is 0 Å².